The summed E-state index contributed by atoms with van der Waals surface area (Å²) in [5.41, 5.74) is 2.42. The molecule has 0 fully saturated rings. The Hall–Kier alpha value is -4.28. The summed E-state index contributed by atoms with van der Waals surface area (Å²) in [7, 11) is 5.55. The first kappa shape index (κ1) is 23.4. The van der Waals surface area contributed by atoms with Crippen molar-refractivity contribution in [2.45, 2.75) is 13.1 Å². The van der Waals surface area contributed by atoms with Crippen LogP contribution in [-0.4, -0.2) is 70.6 Å². The number of hydrogen-bond acceptors (Lipinski definition) is 8. The molecular formula is C22H25N7O4. The lowest BCUT2D eigenvalue weighted by atomic mass is 10.2. The van der Waals surface area contributed by atoms with Gasteiger partial charge in [-0.1, -0.05) is 24.3 Å². The lowest BCUT2D eigenvalue weighted by Gasteiger charge is -2.18. The van der Waals surface area contributed by atoms with Crippen LogP contribution < -0.4 is 10.2 Å². The summed E-state index contributed by atoms with van der Waals surface area (Å²) in [6, 6.07) is 14.2. The van der Waals surface area contributed by atoms with Crippen molar-refractivity contribution in [1.29, 1.82) is 0 Å². The highest BCUT2D eigenvalue weighted by atomic mass is 16.5. The zero-order valence-corrected chi connectivity index (χ0v) is 18.6. The van der Waals surface area contributed by atoms with E-state index in [1.807, 2.05) is 43.3 Å². The van der Waals surface area contributed by atoms with Gasteiger partial charge in [-0.2, -0.15) is 0 Å². The minimum atomic E-state index is -0.717. The van der Waals surface area contributed by atoms with E-state index in [1.54, 1.807) is 25.2 Å². The molecule has 0 radical (unpaired) electrons. The van der Waals surface area contributed by atoms with Gasteiger partial charge >= 0.3 is 5.97 Å². The van der Waals surface area contributed by atoms with Crippen LogP contribution in [0, 0.1) is 0 Å². The van der Waals surface area contributed by atoms with Crippen LogP contribution >= 0.6 is 0 Å². The van der Waals surface area contributed by atoms with Gasteiger partial charge in [0.2, 0.25) is 5.91 Å². The van der Waals surface area contributed by atoms with Gasteiger partial charge in [0.25, 0.3) is 5.91 Å². The standard InChI is InChI=1S/C22H25N7O4/c1-27(2)17-10-8-16(9-11-17)12-28(3)21(31)14-33-22(32)18-6-4-5-7-19(18)24-20(30)13-29-15-23-25-26-29/h4-11,15H,12-14H2,1-3H3,(H,24,30). The normalized spacial score (nSPS) is 10.4. The number of likely N-dealkylation sites (N-methyl/N-ethyl adjacent to an activating group) is 1. The number of para-hydroxylation sites is 1. The zero-order valence-electron chi connectivity index (χ0n) is 18.6. The fourth-order valence-electron chi connectivity index (χ4n) is 2.94. The van der Waals surface area contributed by atoms with E-state index in [4.69, 9.17) is 4.74 Å². The molecule has 1 aromatic heterocycles. The highest BCUT2D eigenvalue weighted by molar-refractivity contribution is 6.01. The van der Waals surface area contributed by atoms with E-state index < -0.39 is 18.5 Å². The maximum absolute atomic E-state index is 12.6. The maximum atomic E-state index is 12.6. The molecule has 0 unspecified atom stereocenters. The first-order valence-electron chi connectivity index (χ1n) is 10.1. The van der Waals surface area contributed by atoms with Crippen LogP contribution in [0.2, 0.25) is 0 Å². The molecule has 11 heteroatoms. The molecule has 1 heterocycles. The number of carbonyl (C=O) groups is 3. The van der Waals surface area contributed by atoms with Crippen molar-refractivity contribution in [3.8, 4) is 0 Å². The Morgan fingerprint density at radius 1 is 1.03 bits per heavy atom. The van der Waals surface area contributed by atoms with Crippen molar-refractivity contribution in [3.63, 3.8) is 0 Å². The lowest BCUT2D eigenvalue weighted by Crippen LogP contribution is -2.31. The highest BCUT2D eigenvalue weighted by Gasteiger charge is 2.18. The van der Waals surface area contributed by atoms with Crippen LogP contribution in [0.5, 0.6) is 0 Å². The number of anilines is 2. The number of nitrogens with zero attached hydrogens (tertiary/aromatic N) is 6. The van der Waals surface area contributed by atoms with E-state index in [2.05, 4.69) is 20.8 Å². The van der Waals surface area contributed by atoms with E-state index in [1.165, 1.54) is 22.0 Å². The number of ether oxygens (including phenoxy) is 1. The summed E-state index contributed by atoms with van der Waals surface area (Å²) in [5.74, 6) is -1.48. The number of hydrogen-bond donors (Lipinski definition) is 1. The van der Waals surface area contributed by atoms with E-state index in [9.17, 15) is 14.4 Å². The molecule has 0 aliphatic rings. The quantitative estimate of drug-likeness (QED) is 0.482. The van der Waals surface area contributed by atoms with Crippen LogP contribution in [0.4, 0.5) is 11.4 Å². The van der Waals surface area contributed by atoms with E-state index in [0.717, 1.165) is 11.3 Å². The SMILES string of the molecule is CN(Cc1ccc(N(C)C)cc1)C(=O)COC(=O)c1ccccc1NC(=O)Cn1cnnn1. The van der Waals surface area contributed by atoms with Crippen molar-refractivity contribution in [2.75, 3.05) is 38.0 Å². The first-order valence-corrected chi connectivity index (χ1v) is 10.1. The van der Waals surface area contributed by atoms with E-state index in [0.29, 0.717) is 6.54 Å². The molecule has 1 N–H and O–H groups in total. The third kappa shape index (κ3) is 6.60. The predicted octanol–water partition coefficient (Wildman–Crippen LogP) is 1.19. The third-order valence-corrected chi connectivity index (χ3v) is 4.74. The molecule has 0 bridgehead atoms. The molecule has 0 spiro atoms. The molecule has 3 aromatic rings. The fourth-order valence-corrected chi connectivity index (χ4v) is 2.94. The topological polar surface area (TPSA) is 123 Å². The lowest BCUT2D eigenvalue weighted by molar-refractivity contribution is -0.133. The predicted molar refractivity (Wildman–Crippen MR) is 120 cm³/mol. The second-order valence-electron chi connectivity index (χ2n) is 7.49. The molecule has 0 saturated carbocycles. The summed E-state index contributed by atoms with van der Waals surface area (Å²) in [4.78, 5) is 40.7. The Morgan fingerprint density at radius 2 is 1.76 bits per heavy atom. The van der Waals surface area contributed by atoms with Crippen LogP contribution in [0.25, 0.3) is 0 Å². The number of rotatable bonds is 9. The fraction of sp³-hybridized carbons (Fsp3) is 0.273. The Balaban J connectivity index is 1.54. The van der Waals surface area contributed by atoms with Crippen LogP contribution in [0.3, 0.4) is 0 Å². The minimum absolute atomic E-state index is 0.116. The maximum Gasteiger partial charge on any atom is 0.340 e. The van der Waals surface area contributed by atoms with E-state index in [-0.39, 0.29) is 23.7 Å². The number of benzene rings is 2. The molecule has 172 valence electrons. The molecule has 0 atom stereocenters. The molecule has 2 aromatic carbocycles. The Kier molecular flexibility index (Phi) is 7.68. The number of carbonyl (C=O) groups excluding carboxylic acids is 3. The number of tetrazole rings is 1. The molecule has 2 amide bonds. The van der Waals surface area contributed by atoms with Crippen molar-refractivity contribution in [3.05, 3.63) is 66.0 Å². The Labute approximate surface area is 190 Å². The van der Waals surface area contributed by atoms with Gasteiger partial charge in [0.1, 0.15) is 12.9 Å². The molecule has 33 heavy (non-hydrogen) atoms. The largest absolute Gasteiger partial charge is 0.452 e. The van der Waals surface area contributed by atoms with Gasteiger partial charge in [0.15, 0.2) is 6.61 Å². The number of aromatic nitrogens is 4. The van der Waals surface area contributed by atoms with Crippen molar-refractivity contribution < 1.29 is 19.1 Å². The average Bonchev–Trinajstić information content (AvgIpc) is 3.30. The van der Waals surface area contributed by atoms with Crippen LogP contribution in [0.15, 0.2) is 54.9 Å². The zero-order chi connectivity index (χ0) is 23.8. The van der Waals surface area contributed by atoms with Gasteiger partial charge in [-0.3, -0.25) is 9.59 Å². The summed E-state index contributed by atoms with van der Waals surface area (Å²) in [6.45, 7) is -0.152. The monoisotopic (exact) mass is 451 g/mol. The van der Waals surface area contributed by atoms with Gasteiger partial charge in [-0.15, -0.1) is 5.10 Å². The molecule has 11 nitrogen and oxygen atoms in total. The molecule has 3 rings (SSSR count). The van der Waals surface area contributed by atoms with Gasteiger partial charge in [-0.05, 0) is 40.3 Å². The Morgan fingerprint density at radius 3 is 2.42 bits per heavy atom. The van der Waals surface area contributed by atoms with Crippen molar-refractivity contribution >= 4 is 29.2 Å². The number of esters is 1. The van der Waals surface area contributed by atoms with Crippen LogP contribution in [0.1, 0.15) is 15.9 Å². The second-order valence-corrected chi connectivity index (χ2v) is 7.49. The summed E-state index contributed by atoms with van der Waals surface area (Å²) in [5, 5.41) is 13.2. The number of nitrogens with one attached hydrogen (secondary N) is 1. The van der Waals surface area contributed by atoms with Crippen molar-refractivity contribution in [2.24, 2.45) is 0 Å². The minimum Gasteiger partial charge on any atom is -0.452 e. The van der Waals surface area contributed by atoms with Gasteiger partial charge < -0.3 is 19.9 Å². The van der Waals surface area contributed by atoms with Gasteiger partial charge in [-0.25, -0.2) is 9.48 Å². The molecule has 0 aliphatic heterocycles. The van der Waals surface area contributed by atoms with Gasteiger partial charge in [0, 0.05) is 33.4 Å². The smallest absolute Gasteiger partial charge is 0.340 e. The van der Waals surface area contributed by atoms with E-state index >= 15 is 0 Å². The summed E-state index contributed by atoms with van der Waals surface area (Å²) >= 11 is 0. The van der Waals surface area contributed by atoms with Crippen molar-refractivity contribution in [1.82, 2.24) is 25.1 Å². The first-order chi connectivity index (χ1) is 15.8. The van der Waals surface area contributed by atoms with Crippen LogP contribution in [-0.2, 0) is 27.4 Å². The molecule has 0 saturated heterocycles. The summed E-state index contributed by atoms with van der Waals surface area (Å²) in [6.07, 6.45) is 1.30. The highest BCUT2D eigenvalue weighted by Crippen LogP contribution is 2.17. The Bertz CT molecular complexity index is 1100. The molecular weight excluding hydrogens is 426 g/mol. The molecule has 0 aliphatic carbocycles. The number of amides is 2. The van der Waals surface area contributed by atoms with Gasteiger partial charge in [0.05, 0.1) is 11.3 Å². The average molecular weight is 451 g/mol. The third-order valence-electron chi connectivity index (χ3n) is 4.74. The summed E-state index contributed by atoms with van der Waals surface area (Å²) < 4.78 is 6.45. The second kappa shape index (κ2) is 10.8.